The van der Waals surface area contributed by atoms with E-state index in [2.05, 4.69) is 18.8 Å². The third kappa shape index (κ3) is 5.41. The highest BCUT2D eigenvalue weighted by Crippen LogP contribution is 2.32. The van der Waals surface area contributed by atoms with Crippen molar-refractivity contribution in [2.75, 3.05) is 20.3 Å². The highest BCUT2D eigenvalue weighted by atomic mass is 16.5. The van der Waals surface area contributed by atoms with Crippen LogP contribution >= 0.6 is 0 Å². The highest BCUT2D eigenvalue weighted by Gasteiger charge is 2.07. The van der Waals surface area contributed by atoms with Crippen LogP contribution in [0.4, 0.5) is 5.69 Å². The first kappa shape index (κ1) is 18.6. The molecule has 0 aliphatic heterocycles. The Morgan fingerprint density at radius 1 is 0.960 bits per heavy atom. The van der Waals surface area contributed by atoms with E-state index < -0.39 is 0 Å². The second-order valence-electron chi connectivity index (χ2n) is 5.51. The van der Waals surface area contributed by atoms with Gasteiger partial charge in [-0.25, -0.2) is 0 Å². The van der Waals surface area contributed by atoms with Crippen LogP contribution in [0.1, 0.15) is 32.3 Å². The molecular formula is C20H25NO4. The summed E-state index contributed by atoms with van der Waals surface area (Å²) in [5, 5.41) is 9.93. The van der Waals surface area contributed by atoms with Gasteiger partial charge in [0.2, 0.25) is 0 Å². The van der Waals surface area contributed by atoms with Gasteiger partial charge < -0.3 is 19.3 Å². The lowest BCUT2D eigenvalue weighted by atomic mass is 10.2. The standard InChI is InChI=1S/C20H25NO4/c1-4-10-24-19-9-6-16(13-20(19)25-11-5-2)21-14-15-12-17(23-3)7-8-18(15)22/h6-9,12-14,22H,4-5,10-11H2,1-3H3. The third-order valence-electron chi connectivity index (χ3n) is 3.44. The zero-order chi connectivity index (χ0) is 18.1. The number of phenols is 1. The lowest BCUT2D eigenvalue weighted by molar-refractivity contribution is 0.268. The second-order valence-corrected chi connectivity index (χ2v) is 5.51. The molecule has 0 unspecified atom stereocenters. The van der Waals surface area contributed by atoms with E-state index in [0.717, 1.165) is 24.3 Å². The van der Waals surface area contributed by atoms with E-state index in [4.69, 9.17) is 14.2 Å². The van der Waals surface area contributed by atoms with E-state index in [1.165, 1.54) is 0 Å². The van der Waals surface area contributed by atoms with E-state index in [1.54, 1.807) is 31.5 Å². The molecule has 0 bridgehead atoms. The van der Waals surface area contributed by atoms with Gasteiger partial charge in [0.05, 0.1) is 26.0 Å². The minimum atomic E-state index is 0.148. The van der Waals surface area contributed by atoms with E-state index in [1.807, 2.05) is 18.2 Å². The van der Waals surface area contributed by atoms with Crippen molar-refractivity contribution in [1.82, 2.24) is 0 Å². The van der Waals surface area contributed by atoms with Crippen LogP contribution in [0.25, 0.3) is 0 Å². The Morgan fingerprint density at radius 3 is 2.36 bits per heavy atom. The van der Waals surface area contributed by atoms with Crippen molar-refractivity contribution < 1.29 is 19.3 Å². The monoisotopic (exact) mass is 343 g/mol. The second kappa shape index (κ2) is 9.57. The molecule has 0 aliphatic carbocycles. The van der Waals surface area contributed by atoms with E-state index in [0.29, 0.717) is 30.3 Å². The molecule has 5 nitrogen and oxygen atoms in total. The Kier molecular flexibility index (Phi) is 7.14. The summed E-state index contributed by atoms with van der Waals surface area (Å²) < 4.78 is 16.7. The number of phenolic OH excluding ortho intramolecular Hbond substituents is 1. The van der Waals surface area contributed by atoms with Crippen molar-refractivity contribution in [1.29, 1.82) is 0 Å². The fourth-order valence-corrected chi connectivity index (χ4v) is 2.14. The number of methoxy groups -OCH3 is 1. The summed E-state index contributed by atoms with van der Waals surface area (Å²) in [6, 6.07) is 10.6. The van der Waals surface area contributed by atoms with Crippen LogP contribution in [0, 0.1) is 0 Å². The lowest BCUT2D eigenvalue weighted by Crippen LogP contribution is -2.00. The molecule has 5 heteroatoms. The zero-order valence-corrected chi connectivity index (χ0v) is 15.0. The molecule has 0 aliphatic rings. The summed E-state index contributed by atoms with van der Waals surface area (Å²) in [5.74, 6) is 2.21. The molecule has 0 atom stereocenters. The van der Waals surface area contributed by atoms with Crippen LogP contribution < -0.4 is 14.2 Å². The average molecular weight is 343 g/mol. The summed E-state index contributed by atoms with van der Waals surface area (Å²) in [4.78, 5) is 4.43. The molecular weight excluding hydrogens is 318 g/mol. The Hall–Kier alpha value is -2.69. The highest BCUT2D eigenvalue weighted by molar-refractivity contribution is 5.86. The van der Waals surface area contributed by atoms with Gasteiger partial charge in [0.1, 0.15) is 11.5 Å². The van der Waals surface area contributed by atoms with Crippen molar-refractivity contribution in [2.45, 2.75) is 26.7 Å². The SMILES string of the molecule is CCCOc1ccc(N=Cc2cc(OC)ccc2O)cc1OCCC. The lowest BCUT2D eigenvalue weighted by Gasteiger charge is -2.12. The summed E-state index contributed by atoms with van der Waals surface area (Å²) in [5.41, 5.74) is 1.30. The number of aromatic hydroxyl groups is 1. The number of benzene rings is 2. The molecule has 0 aromatic heterocycles. The first-order valence-corrected chi connectivity index (χ1v) is 8.48. The number of ether oxygens (including phenoxy) is 3. The smallest absolute Gasteiger partial charge is 0.163 e. The van der Waals surface area contributed by atoms with Crippen LogP contribution in [0.2, 0.25) is 0 Å². The summed E-state index contributed by atoms with van der Waals surface area (Å²) in [7, 11) is 1.58. The Labute approximate surface area is 148 Å². The normalized spacial score (nSPS) is 10.8. The Morgan fingerprint density at radius 2 is 1.68 bits per heavy atom. The molecule has 0 amide bonds. The molecule has 2 rings (SSSR count). The maximum absolute atomic E-state index is 9.93. The number of rotatable bonds is 9. The topological polar surface area (TPSA) is 60.3 Å². The summed E-state index contributed by atoms with van der Waals surface area (Å²) in [6.45, 7) is 5.38. The molecule has 0 radical (unpaired) electrons. The number of nitrogens with zero attached hydrogens (tertiary/aromatic N) is 1. The quantitative estimate of drug-likeness (QED) is 0.669. The fraction of sp³-hybridized carbons (Fsp3) is 0.350. The van der Waals surface area contributed by atoms with Gasteiger partial charge >= 0.3 is 0 Å². The van der Waals surface area contributed by atoms with Gasteiger partial charge in [-0.3, -0.25) is 4.99 Å². The molecule has 1 N–H and O–H groups in total. The van der Waals surface area contributed by atoms with Crippen LogP contribution in [0.15, 0.2) is 41.4 Å². The van der Waals surface area contributed by atoms with Crippen molar-refractivity contribution in [2.24, 2.45) is 4.99 Å². The fourth-order valence-electron chi connectivity index (χ4n) is 2.14. The van der Waals surface area contributed by atoms with Crippen LogP contribution in [-0.4, -0.2) is 31.6 Å². The molecule has 0 heterocycles. The molecule has 0 spiro atoms. The van der Waals surface area contributed by atoms with E-state index in [9.17, 15) is 5.11 Å². The molecule has 2 aromatic rings. The van der Waals surface area contributed by atoms with Gasteiger partial charge in [-0.15, -0.1) is 0 Å². The Balaban J connectivity index is 2.23. The minimum Gasteiger partial charge on any atom is -0.507 e. The molecule has 25 heavy (non-hydrogen) atoms. The maximum Gasteiger partial charge on any atom is 0.163 e. The summed E-state index contributed by atoms with van der Waals surface area (Å²) in [6.07, 6.45) is 3.45. The predicted octanol–water partition coefficient (Wildman–Crippen LogP) is 4.73. The van der Waals surface area contributed by atoms with Gasteiger partial charge in [-0.05, 0) is 43.2 Å². The largest absolute Gasteiger partial charge is 0.507 e. The van der Waals surface area contributed by atoms with Crippen LogP contribution in [0.5, 0.6) is 23.0 Å². The number of hydrogen-bond donors (Lipinski definition) is 1. The molecule has 134 valence electrons. The first-order chi connectivity index (χ1) is 12.2. The van der Waals surface area contributed by atoms with Gasteiger partial charge in [-0.1, -0.05) is 13.8 Å². The van der Waals surface area contributed by atoms with Crippen molar-refractivity contribution >= 4 is 11.9 Å². The molecule has 0 saturated heterocycles. The Bertz CT molecular complexity index is 713. The number of hydrogen-bond acceptors (Lipinski definition) is 5. The minimum absolute atomic E-state index is 0.148. The van der Waals surface area contributed by atoms with E-state index >= 15 is 0 Å². The van der Waals surface area contributed by atoms with Crippen molar-refractivity contribution in [3.8, 4) is 23.0 Å². The zero-order valence-electron chi connectivity index (χ0n) is 15.0. The average Bonchev–Trinajstić information content (AvgIpc) is 2.64. The predicted molar refractivity (Wildman–Crippen MR) is 99.9 cm³/mol. The van der Waals surface area contributed by atoms with Crippen LogP contribution in [0.3, 0.4) is 0 Å². The van der Waals surface area contributed by atoms with Gasteiger partial charge in [0.25, 0.3) is 0 Å². The summed E-state index contributed by atoms with van der Waals surface area (Å²) >= 11 is 0. The van der Waals surface area contributed by atoms with Gasteiger partial charge in [0, 0.05) is 17.8 Å². The molecule has 2 aromatic carbocycles. The van der Waals surface area contributed by atoms with Gasteiger partial charge in [-0.2, -0.15) is 0 Å². The molecule has 0 saturated carbocycles. The van der Waals surface area contributed by atoms with Crippen molar-refractivity contribution in [3.05, 3.63) is 42.0 Å². The van der Waals surface area contributed by atoms with Gasteiger partial charge in [0.15, 0.2) is 11.5 Å². The van der Waals surface area contributed by atoms with Crippen LogP contribution in [-0.2, 0) is 0 Å². The first-order valence-electron chi connectivity index (χ1n) is 8.48. The third-order valence-corrected chi connectivity index (χ3v) is 3.44. The van der Waals surface area contributed by atoms with E-state index in [-0.39, 0.29) is 5.75 Å². The number of aliphatic imine (C=N–C) groups is 1. The maximum atomic E-state index is 9.93. The molecule has 0 fully saturated rings. The van der Waals surface area contributed by atoms with Crippen molar-refractivity contribution in [3.63, 3.8) is 0 Å².